The molecule has 136 valence electrons. The minimum atomic E-state index is -0.250. The number of rotatable bonds is 7. The van der Waals surface area contributed by atoms with Gasteiger partial charge in [0.05, 0.1) is 13.3 Å². The number of methoxy groups -OCH3 is 1. The molecule has 1 aromatic carbocycles. The molecule has 25 heavy (non-hydrogen) atoms. The van der Waals surface area contributed by atoms with E-state index >= 15 is 0 Å². The zero-order valence-corrected chi connectivity index (χ0v) is 14.5. The Labute approximate surface area is 146 Å². The molecular formula is C17H25N5O3. The fourth-order valence-electron chi connectivity index (χ4n) is 2.12. The van der Waals surface area contributed by atoms with Gasteiger partial charge in [-0.3, -0.25) is 9.79 Å². The number of unbranched alkanes of at least 4 members (excludes halogenated alkanes) is 2. The van der Waals surface area contributed by atoms with Gasteiger partial charge in [0, 0.05) is 29.2 Å². The fourth-order valence-corrected chi connectivity index (χ4v) is 2.12. The van der Waals surface area contributed by atoms with Gasteiger partial charge in [-0.05, 0) is 24.6 Å². The third-order valence-electron chi connectivity index (χ3n) is 3.35. The first-order valence-electron chi connectivity index (χ1n) is 7.98. The van der Waals surface area contributed by atoms with Crippen LogP contribution >= 0.6 is 0 Å². The summed E-state index contributed by atoms with van der Waals surface area (Å²) in [6.45, 7) is 2.64. The van der Waals surface area contributed by atoms with Crippen LogP contribution in [0.4, 0.5) is 0 Å². The molecule has 0 fully saturated rings. The number of hydrogen-bond donors (Lipinski definition) is 4. The number of benzene rings is 1. The van der Waals surface area contributed by atoms with Crippen LogP contribution in [0.3, 0.4) is 0 Å². The average Bonchev–Trinajstić information content (AvgIpc) is 3.02. The maximum absolute atomic E-state index is 8.36. The van der Waals surface area contributed by atoms with E-state index in [1.54, 1.807) is 13.3 Å². The van der Waals surface area contributed by atoms with Gasteiger partial charge in [0.2, 0.25) is 5.96 Å². The molecule has 0 amide bonds. The molecule has 0 unspecified atom stereocenters. The molecule has 0 aliphatic heterocycles. The Morgan fingerprint density at radius 1 is 1.44 bits per heavy atom. The molecule has 0 bridgehead atoms. The van der Waals surface area contributed by atoms with Crippen LogP contribution in [0, 0.1) is 0 Å². The largest absolute Gasteiger partial charge is 0.497 e. The van der Waals surface area contributed by atoms with E-state index in [1.165, 1.54) is 6.42 Å². The molecule has 8 heteroatoms. The first-order valence-corrected chi connectivity index (χ1v) is 7.98. The number of ether oxygens (including phenoxy) is 1. The number of guanidine groups is 1. The minimum Gasteiger partial charge on any atom is -0.497 e. The quantitative estimate of drug-likeness (QED) is 0.201. The maximum Gasteiger partial charge on any atom is 0.290 e. The van der Waals surface area contributed by atoms with Crippen molar-refractivity contribution in [2.75, 3.05) is 13.7 Å². The van der Waals surface area contributed by atoms with Gasteiger partial charge in [-0.25, -0.2) is 5.43 Å². The Bertz CT molecular complexity index is 709. The highest BCUT2D eigenvalue weighted by Gasteiger charge is 2.03. The highest BCUT2D eigenvalue weighted by atomic mass is 16.5. The van der Waals surface area contributed by atoms with Crippen LogP contribution in [0.2, 0.25) is 0 Å². The van der Waals surface area contributed by atoms with Gasteiger partial charge in [0.15, 0.2) is 0 Å². The molecule has 2 aromatic rings. The van der Waals surface area contributed by atoms with Gasteiger partial charge < -0.3 is 20.6 Å². The molecular weight excluding hydrogens is 322 g/mol. The van der Waals surface area contributed by atoms with Crippen molar-refractivity contribution in [3.63, 3.8) is 0 Å². The molecule has 1 aromatic heterocycles. The number of aromatic nitrogens is 1. The van der Waals surface area contributed by atoms with Gasteiger partial charge in [0.25, 0.3) is 6.47 Å². The number of nitrogens with one attached hydrogen (secondary N) is 2. The summed E-state index contributed by atoms with van der Waals surface area (Å²) in [4.78, 5) is 15.8. The Morgan fingerprint density at radius 2 is 2.20 bits per heavy atom. The summed E-state index contributed by atoms with van der Waals surface area (Å²) in [6.07, 6.45) is 6.99. The second kappa shape index (κ2) is 11.5. The van der Waals surface area contributed by atoms with Crippen molar-refractivity contribution < 1.29 is 14.6 Å². The highest BCUT2D eigenvalue weighted by molar-refractivity contribution is 5.99. The van der Waals surface area contributed by atoms with Crippen LogP contribution < -0.4 is 15.9 Å². The van der Waals surface area contributed by atoms with Gasteiger partial charge >= 0.3 is 0 Å². The molecule has 1 heterocycles. The molecule has 0 atom stereocenters. The average molecular weight is 347 g/mol. The summed E-state index contributed by atoms with van der Waals surface area (Å²) < 4.78 is 5.24. The highest BCUT2D eigenvalue weighted by Crippen LogP contribution is 2.22. The Kier molecular flexibility index (Phi) is 9.20. The molecule has 2 rings (SSSR count). The van der Waals surface area contributed by atoms with Crippen LogP contribution in [0.25, 0.3) is 10.9 Å². The second-order valence-electron chi connectivity index (χ2n) is 5.11. The Hall–Kier alpha value is -3.03. The van der Waals surface area contributed by atoms with Crippen molar-refractivity contribution >= 4 is 29.5 Å². The fraction of sp³-hybridized carbons (Fsp3) is 0.353. The monoisotopic (exact) mass is 347 g/mol. The predicted octanol–water partition coefficient (Wildman–Crippen LogP) is 2.31. The van der Waals surface area contributed by atoms with Crippen molar-refractivity contribution in [2.24, 2.45) is 15.8 Å². The summed E-state index contributed by atoms with van der Waals surface area (Å²) in [5.74, 6) is 1.15. The van der Waals surface area contributed by atoms with Crippen molar-refractivity contribution in [1.29, 1.82) is 0 Å². The normalized spacial score (nSPS) is 11.2. The van der Waals surface area contributed by atoms with Gasteiger partial charge in [-0.1, -0.05) is 19.8 Å². The van der Waals surface area contributed by atoms with E-state index in [0.717, 1.165) is 41.6 Å². The molecule has 5 N–H and O–H groups in total. The first kappa shape index (κ1) is 20.0. The lowest BCUT2D eigenvalue weighted by atomic mass is 10.2. The lowest BCUT2D eigenvalue weighted by Gasteiger charge is -2.00. The van der Waals surface area contributed by atoms with Crippen molar-refractivity contribution in [2.45, 2.75) is 26.2 Å². The summed E-state index contributed by atoms with van der Waals surface area (Å²) >= 11 is 0. The van der Waals surface area contributed by atoms with Crippen molar-refractivity contribution in [3.8, 4) is 5.75 Å². The number of H-pyrrole nitrogens is 1. The molecule has 0 saturated carbocycles. The third-order valence-corrected chi connectivity index (χ3v) is 3.35. The van der Waals surface area contributed by atoms with Crippen LogP contribution in [0.15, 0.2) is 34.5 Å². The van der Waals surface area contributed by atoms with Crippen LogP contribution in [0.5, 0.6) is 5.75 Å². The summed E-state index contributed by atoms with van der Waals surface area (Å²) in [5, 5.41) is 12.1. The van der Waals surface area contributed by atoms with E-state index < -0.39 is 0 Å². The van der Waals surface area contributed by atoms with E-state index in [-0.39, 0.29) is 6.47 Å². The van der Waals surface area contributed by atoms with Crippen molar-refractivity contribution in [1.82, 2.24) is 10.4 Å². The molecule has 0 radical (unpaired) electrons. The number of nitrogens with two attached hydrogens (primary N) is 1. The van der Waals surface area contributed by atoms with E-state index in [4.69, 9.17) is 20.4 Å². The number of hydrazone groups is 1. The number of fused-ring (bicyclic) bond motifs is 1. The Balaban J connectivity index is 0.000000970. The van der Waals surface area contributed by atoms with E-state index in [0.29, 0.717) is 5.96 Å². The number of aromatic amines is 1. The number of carboxylic acid groups (broad SMARTS) is 1. The number of hydrogen-bond acceptors (Lipinski definition) is 4. The number of aliphatic imine (C=N–C) groups is 1. The molecule has 0 saturated heterocycles. The molecule has 0 aliphatic rings. The van der Waals surface area contributed by atoms with Gasteiger partial charge in [0.1, 0.15) is 5.75 Å². The summed E-state index contributed by atoms with van der Waals surface area (Å²) in [6, 6.07) is 5.86. The zero-order valence-electron chi connectivity index (χ0n) is 14.5. The maximum atomic E-state index is 8.36. The lowest BCUT2D eigenvalue weighted by Crippen LogP contribution is -2.27. The molecule has 8 nitrogen and oxygen atoms in total. The molecule has 0 spiro atoms. The minimum absolute atomic E-state index is 0.250. The third kappa shape index (κ3) is 6.94. The van der Waals surface area contributed by atoms with E-state index in [1.807, 2.05) is 24.4 Å². The predicted molar refractivity (Wildman–Crippen MR) is 100 cm³/mol. The van der Waals surface area contributed by atoms with Gasteiger partial charge in [-0.2, -0.15) is 5.10 Å². The van der Waals surface area contributed by atoms with E-state index in [9.17, 15) is 0 Å². The van der Waals surface area contributed by atoms with E-state index in [2.05, 4.69) is 27.4 Å². The smallest absolute Gasteiger partial charge is 0.290 e. The van der Waals surface area contributed by atoms with Crippen LogP contribution in [-0.2, 0) is 4.79 Å². The number of carbonyl (C=O) groups is 1. The summed E-state index contributed by atoms with van der Waals surface area (Å²) in [7, 11) is 1.65. The second-order valence-corrected chi connectivity index (χ2v) is 5.11. The van der Waals surface area contributed by atoms with Crippen LogP contribution in [0.1, 0.15) is 31.7 Å². The first-order chi connectivity index (χ1) is 12.2. The summed E-state index contributed by atoms with van der Waals surface area (Å²) in [5.41, 5.74) is 10.5. The zero-order chi connectivity index (χ0) is 18.5. The lowest BCUT2D eigenvalue weighted by molar-refractivity contribution is -0.122. The standard InChI is InChI=1S/C16H23N5O.CH2O2/c1-3-4-5-8-18-16(17)21-20-11-12-10-19-15-7-6-13(22-2)9-14(12)15;2-1-3/h6-7,9-11,19H,3-5,8H2,1-2H3,(H3,17,18,21);1H,(H,2,3)/b20-11-;. The van der Waals surface area contributed by atoms with Crippen molar-refractivity contribution in [3.05, 3.63) is 30.0 Å². The SMILES string of the molecule is CCCCCN=C(N)N/N=C\c1c[nH]c2ccc(OC)cc12.O=CO. The van der Waals surface area contributed by atoms with Crippen LogP contribution in [-0.4, -0.2) is 42.4 Å². The Morgan fingerprint density at radius 3 is 2.88 bits per heavy atom. The van der Waals surface area contributed by atoms with Gasteiger partial charge in [-0.15, -0.1) is 0 Å². The number of nitrogens with zero attached hydrogens (tertiary/aromatic N) is 2. The topological polar surface area (TPSA) is 125 Å². The molecule has 0 aliphatic carbocycles.